The van der Waals surface area contributed by atoms with Gasteiger partial charge in [0.05, 0.1) is 5.70 Å². The standard InChI is InChI=1S/C26H47N5/c1-11-14-16-23(19-28(7)8)20-31-24(18-21(4)5)27-26(29(9)13-3)25(31)22(6)30(10)17-15-12-2/h13-14,16,19,21,24,27H,3,6,11-12,15,17-18,20H2,1-2,4-5,7-10H3/b16-14-,23-19+. The number of nitrogens with one attached hydrogen (secondary N) is 1. The predicted octanol–water partition coefficient (Wildman–Crippen LogP) is 5.17. The van der Waals surface area contributed by atoms with Gasteiger partial charge in [0.25, 0.3) is 0 Å². The van der Waals surface area contributed by atoms with Gasteiger partial charge in [0.2, 0.25) is 0 Å². The molecule has 0 saturated heterocycles. The zero-order valence-corrected chi connectivity index (χ0v) is 21.4. The molecule has 0 bridgehead atoms. The first kappa shape index (κ1) is 26.7. The minimum atomic E-state index is 0.212. The highest BCUT2D eigenvalue weighted by atomic mass is 15.4. The van der Waals surface area contributed by atoms with Crippen LogP contribution in [0.25, 0.3) is 0 Å². The van der Waals surface area contributed by atoms with E-state index in [1.54, 1.807) is 0 Å². The Balaban J connectivity index is 3.45. The topological polar surface area (TPSA) is 25.0 Å². The van der Waals surface area contributed by atoms with Crippen molar-refractivity contribution in [3.8, 4) is 0 Å². The average Bonchev–Trinajstić information content (AvgIpc) is 3.05. The van der Waals surface area contributed by atoms with E-state index in [0.29, 0.717) is 5.92 Å². The van der Waals surface area contributed by atoms with Crippen molar-refractivity contribution >= 4 is 0 Å². The third-order valence-electron chi connectivity index (χ3n) is 5.44. The number of nitrogens with zero attached hydrogens (tertiary/aromatic N) is 4. The fourth-order valence-corrected chi connectivity index (χ4v) is 3.73. The highest BCUT2D eigenvalue weighted by molar-refractivity contribution is 5.37. The van der Waals surface area contributed by atoms with Crippen LogP contribution >= 0.6 is 0 Å². The molecule has 1 aliphatic heterocycles. The van der Waals surface area contributed by atoms with Crippen LogP contribution < -0.4 is 5.32 Å². The third kappa shape index (κ3) is 8.04. The van der Waals surface area contributed by atoms with Gasteiger partial charge in [-0.3, -0.25) is 0 Å². The molecule has 5 heteroatoms. The van der Waals surface area contributed by atoms with Gasteiger partial charge in [-0.05, 0) is 37.0 Å². The molecule has 0 fully saturated rings. The van der Waals surface area contributed by atoms with Crippen LogP contribution in [-0.4, -0.2) is 67.0 Å². The Morgan fingerprint density at radius 3 is 2.39 bits per heavy atom. The second kappa shape index (κ2) is 13.2. The number of hydrogen-bond acceptors (Lipinski definition) is 5. The SMILES string of the molecule is C=CN(C)C1=C(C(=C)N(C)CCCC)N(CC(/C=C\CC)=C/N(C)C)C(CC(C)C)N1. The average molecular weight is 430 g/mol. The monoisotopic (exact) mass is 429 g/mol. The van der Waals surface area contributed by atoms with Gasteiger partial charge < -0.3 is 24.9 Å². The maximum Gasteiger partial charge on any atom is 0.133 e. The van der Waals surface area contributed by atoms with Crippen molar-refractivity contribution in [1.29, 1.82) is 0 Å². The van der Waals surface area contributed by atoms with Crippen molar-refractivity contribution in [2.45, 2.75) is 59.5 Å². The van der Waals surface area contributed by atoms with Gasteiger partial charge in [0.15, 0.2) is 0 Å². The molecule has 0 saturated carbocycles. The molecule has 176 valence electrons. The lowest BCUT2D eigenvalue weighted by Gasteiger charge is -2.34. The Morgan fingerprint density at radius 1 is 1.19 bits per heavy atom. The highest BCUT2D eigenvalue weighted by Crippen LogP contribution is 2.32. The van der Waals surface area contributed by atoms with Crippen molar-refractivity contribution in [2.75, 3.05) is 41.3 Å². The quantitative estimate of drug-likeness (QED) is 0.384. The molecule has 1 unspecified atom stereocenters. The van der Waals surface area contributed by atoms with E-state index < -0.39 is 0 Å². The Labute approximate surface area is 192 Å². The molecule has 0 amide bonds. The summed E-state index contributed by atoms with van der Waals surface area (Å²) in [5, 5.41) is 3.79. The molecule has 0 radical (unpaired) electrons. The Bertz CT molecular complexity index is 671. The molecule has 0 aromatic rings. The number of hydrogen-bond donors (Lipinski definition) is 1. The number of unbranched alkanes of at least 4 members (excludes halogenated alkanes) is 1. The summed E-state index contributed by atoms with van der Waals surface area (Å²) in [5.41, 5.74) is 3.51. The van der Waals surface area contributed by atoms with E-state index in [9.17, 15) is 0 Å². The van der Waals surface area contributed by atoms with Crippen LogP contribution in [-0.2, 0) is 0 Å². The molecule has 1 rings (SSSR count). The Kier molecular flexibility index (Phi) is 11.4. The van der Waals surface area contributed by atoms with Crippen molar-refractivity contribution < 1.29 is 0 Å². The van der Waals surface area contributed by atoms with Crippen LogP contribution in [0.2, 0.25) is 0 Å². The van der Waals surface area contributed by atoms with E-state index in [0.717, 1.165) is 43.9 Å². The molecule has 0 aliphatic carbocycles. The van der Waals surface area contributed by atoms with Crippen LogP contribution in [0.4, 0.5) is 0 Å². The maximum atomic E-state index is 4.53. The van der Waals surface area contributed by atoms with Crippen molar-refractivity contribution in [3.63, 3.8) is 0 Å². The lowest BCUT2D eigenvalue weighted by Crippen LogP contribution is -2.41. The maximum absolute atomic E-state index is 4.53. The van der Waals surface area contributed by atoms with Crippen LogP contribution in [0.3, 0.4) is 0 Å². The summed E-state index contributed by atoms with van der Waals surface area (Å²) in [6.07, 6.45) is 13.2. The summed E-state index contributed by atoms with van der Waals surface area (Å²) in [5.74, 6) is 1.66. The van der Waals surface area contributed by atoms with Gasteiger partial charge in [0.1, 0.15) is 17.7 Å². The largest absolute Gasteiger partial charge is 0.383 e. The zero-order valence-electron chi connectivity index (χ0n) is 21.4. The van der Waals surface area contributed by atoms with Gasteiger partial charge in [-0.2, -0.15) is 0 Å². The summed E-state index contributed by atoms with van der Waals surface area (Å²) < 4.78 is 0. The smallest absolute Gasteiger partial charge is 0.133 e. The lowest BCUT2D eigenvalue weighted by molar-refractivity contribution is 0.234. The predicted molar refractivity (Wildman–Crippen MR) is 136 cm³/mol. The molecule has 5 nitrogen and oxygen atoms in total. The van der Waals surface area contributed by atoms with Crippen LogP contribution in [0.15, 0.2) is 60.5 Å². The number of likely N-dealkylation sites (N-methyl/N-ethyl adjacent to an activating group) is 1. The van der Waals surface area contributed by atoms with Crippen molar-refractivity contribution in [2.24, 2.45) is 5.92 Å². The second-order valence-electron chi connectivity index (χ2n) is 9.11. The normalized spacial score (nSPS) is 16.9. The molecule has 0 aromatic heterocycles. The van der Waals surface area contributed by atoms with E-state index in [2.05, 4.69) is 112 Å². The molecule has 1 aliphatic rings. The fraction of sp³-hybridized carbons (Fsp3) is 0.615. The van der Waals surface area contributed by atoms with Crippen LogP contribution in [0, 0.1) is 5.92 Å². The summed E-state index contributed by atoms with van der Waals surface area (Å²) >= 11 is 0. The number of rotatable bonds is 14. The summed E-state index contributed by atoms with van der Waals surface area (Å²) in [7, 11) is 8.37. The Morgan fingerprint density at radius 2 is 1.87 bits per heavy atom. The summed E-state index contributed by atoms with van der Waals surface area (Å²) in [6.45, 7) is 19.3. The van der Waals surface area contributed by atoms with Crippen LogP contribution in [0.5, 0.6) is 0 Å². The van der Waals surface area contributed by atoms with Gasteiger partial charge in [-0.25, -0.2) is 0 Å². The van der Waals surface area contributed by atoms with E-state index in [1.807, 2.05) is 6.20 Å². The molecular weight excluding hydrogens is 382 g/mol. The molecule has 0 spiro atoms. The van der Waals surface area contributed by atoms with E-state index in [4.69, 9.17) is 0 Å². The van der Waals surface area contributed by atoms with Crippen LogP contribution in [0.1, 0.15) is 53.4 Å². The molecule has 1 atom stereocenters. The van der Waals surface area contributed by atoms with Crippen molar-refractivity contribution in [3.05, 3.63) is 60.5 Å². The molecule has 31 heavy (non-hydrogen) atoms. The first-order chi connectivity index (χ1) is 14.7. The van der Waals surface area contributed by atoms with Gasteiger partial charge in [0, 0.05) is 47.5 Å². The lowest BCUT2D eigenvalue weighted by atomic mass is 10.1. The number of allylic oxidation sites excluding steroid dienone is 1. The first-order valence-corrected chi connectivity index (χ1v) is 11.7. The first-order valence-electron chi connectivity index (χ1n) is 11.7. The molecule has 1 heterocycles. The third-order valence-corrected chi connectivity index (χ3v) is 5.44. The Hall–Kier alpha value is -2.30. The summed E-state index contributed by atoms with van der Waals surface area (Å²) in [4.78, 5) is 8.99. The van der Waals surface area contributed by atoms with E-state index in [-0.39, 0.29) is 6.17 Å². The van der Waals surface area contributed by atoms with E-state index >= 15 is 0 Å². The summed E-state index contributed by atoms with van der Waals surface area (Å²) in [6, 6.07) is 0. The molecular formula is C26H47N5. The zero-order chi connectivity index (χ0) is 23.6. The minimum absolute atomic E-state index is 0.212. The van der Waals surface area contributed by atoms with E-state index in [1.165, 1.54) is 17.7 Å². The van der Waals surface area contributed by atoms with Gasteiger partial charge in [-0.1, -0.05) is 59.4 Å². The van der Waals surface area contributed by atoms with Crippen molar-refractivity contribution in [1.82, 2.24) is 24.9 Å². The molecule has 1 N–H and O–H groups in total. The molecule has 0 aromatic carbocycles. The van der Waals surface area contributed by atoms with Gasteiger partial charge >= 0.3 is 0 Å². The fourth-order valence-electron chi connectivity index (χ4n) is 3.73. The second-order valence-corrected chi connectivity index (χ2v) is 9.11. The van der Waals surface area contributed by atoms with Gasteiger partial charge in [-0.15, -0.1) is 0 Å². The highest BCUT2D eigenvalue weighted by Gasteiger charge is 2.35. The minimum Gasteiger partial charge on any atom is -0.383 e.